The summed E-state index contributed by atoms with van der Waals surface area (Å²) in [5.74, 6) is 0. The number of carbonyl (C=O) groups excluding carboxylic acids is 1. The minimum absolute atomic E-state index is 0.120. The molecule has 0 aliphatic rings. The van der Waals surface area contributed by atoms with E-state index in [1.54, 1.807) is 11.8 Å². The summed E-state index contributed by atoms with van der Waals surface area (Å²) in [4.78, 5) is 13.4. The molecule has 0 heterocycles. The number of urea groups is 1. The summed E-state index contributed by atoms with van der Waals surface area (Å²) in [5, 5.41) is 2.70. The van der Waals surface area contributed by atoms with Gasteiger partial charge in [-0.3, -0.25) is 0 Å². The van der Waals surface area contributed by atoms with E-state index < -0.39 is 0 Å². The van der Waals surface area contributed by atoms with Crippen molar-refractivity contribution in [2.45, 2.75) is 26.8 Å². The van der Waals surface area contributed by atoms with Crippen molar-refractivity contribution in [3.05, 3.63) is 0 Å². The lowest BCUT2D eigenvalue weighted by Crippen LogP contribution is -2.47. The summed E-state index contributed by atoms with van der Waals surface area (Å²) in [7, 11) is 0. The van der Waals surface area contributed by atoms with Gasteiger partial charge in [0.15, 0.2) is 0 Å². The zero-order chi connectivity index (χ0) is 10.4. The maximum atomic E-state index is 11.4. The maximum Gasteiger partial charge on any atom is 0.317 e. The van der Waals surface area contributed by atoms with Crippen molar-refractivity contribution in [1.29, 1.82) is 0 Å². The number of amides is 2. The Balaban J connectivity index is 4.05. The van der Waals surface area contributed by atoms with Gasteiger partial charge in [0.25, 0.3) is 0 Å². The lowest BCUT2D eigenvalue weighted by atomic mass is 10.3. The molecular formula is C8H17N3OS. The fourth-order valence-corrected chi connectivity index (χ4v) is 0.917. The van der Waals surface area contributed by atoms with Crippen LogP contribution in [0, 0.1) is 0 Å². The van der Waals surface area contributed by atoms with Crippen molar-refractivity contribution in [3.8, 4) is 0 Å². The van der Waals surface area contributed by atoms with Crippen LogP contribution in [0.2, 0.25) is 0 Å². The smallest absolute Gasteiger partial charge is 0.317 e. The van der Waals surface area contributed by atoms with E-state index in [9.17, 15) is 4.79 Å². The first kappa shape index (κ1) is 12.2. The quantitative estimate of drug-likeness (QED) is 0.662. The predicted octanol–water partition coefficient (Wildman–Crippen LogP) is 0.712. The van der Waals surface area contributed by atoms with E-state index in [2.05, 4.69) is 5.32 Å². The van der Waals surface area contributed by atoms with Gasteiger partial charge >= 0.3 is 6.03 Å². The molecule has 0 aromatic carbocycles. The van der Waals surface area contributed by atoms with Crippen LogP contribution < -0.4 is 11.1 Å². The Bertz CT molecular complexity index is 192. The summed E-state index contributed by atoms with van der Waals surface area (Å²) >= 11 is 4.74. The van der Waals surface area contributed by atoms with Crippen LogP contribution in [0.15, 0.2) is 0 Å². The molecule has 0 bridgehead atoms. The molecule has 0 rings (SSSR count). The number of carbonyl (C=O) groups is 1. The van der Waals surface area contributed by atoms with Crippen LogP contribution in [-0.4, -0.2) is 35.1 Å². The molecule has 0 aromatic rings. The van der Waals surface area contributed by atoms with Crippen molar-refractivity contribution in [1.82, 2.24) is 10.2 Å². The number of rotatable bonds is 4. The second-order valence-corrected chi connectivity index (χ2v) is 3.22. The highest BCUT2D eigenvalue weighted by molar-refractivity contribution is 7.80. The van der Waals surface area contributed by atoms with Crippen molar-refractivity contribution in [3.63, 3.8) is 0 Å². The Labute approximate surface area is 84.5 Å². The molecule has 1 atom stereocenters. The highest BCUT2D eigenvalue weighted by Crippen LogP contribution is 1.90. The summed E-state index contributed by atoms with van der Waals surface area (Å²) in [6.45, 7) is 6.99. The molecule has 4 nitrogen and oxygen atoms in total. The zero-order valence-corrected chi connectivity index (χ0v) is 9.15. The van der Waals surface area contributed by atoms with E-state index >= 15 is 0 Å². The number of nitrogens with one attached hydrogen (secondary N) is 1. The SMILES string of the molecule is CCN(CC)C(=O)NC(C)C(N)=S. The van der Waals surface area contributed by atoms with Gasteiger partial charge in [0, 0.05) is 13.1 Å². The first-order chi connectivity index (χ1) is 6.02. The number of hydrogen-bond acceptors (Lipinski definition) is 2. The first-order valence-corrected chi connectivity index (χ1v) is 4.78. The number of hydrogen-bond donors (Lipinski definition) is 2. The van der Waals surface area contributed by atoms with Crippen LogP contribution in [0.25, 0.3) is 0 Å². The van der Waals surface area contributed by atoms with Crippen molar-refractivity contribution < 1.29 is 4.79 Å². The van der Waals surface area contributed by atoms with Gasteiger partial charge in [-0.1, -0.05) is 12.2 Å². The normalized spacial score (nSPS) is 11.9. The van der Waals surface area contributed by atoms with Gasteiger partial charge in [-0.15, -0.1) is 0 Å². The van der Waals surface area contributed by atoms with E-state index in [-0.39, 0.29) is 12.1 Å². The van der Waals surface area contributed by atoms with Gasteiger partial charge in [-0.2, -0.15) is 0 Å². The number of thiocarbonyl (C=S) groups is 1. The average molecular weight is 203 g/mol. The Hall–Kier alpha value is -0.840. The second kappa shape index (κ2) is 5.75. The second-order valence-electron chi connectivity index (χ2n) is 2.75. The largest absolute Gasteiger partial charge is 0.392 e. The molecule has 76 valence electrons. The van der Waals surface area contributed by atoms with E-state index in [1.807, 2.05) is 13.8 Å². The highest BCUT2D eigenvalue weighted by atomic mass is 32.1. The van der Waals surface area contributed by atoms with Gasteiger partial charge in [0.05, 0.1) is 11.0 Å². The monoisotopic (exact) mass is 203 g/mol. The molecule has 0 aliphatic heterocycles. The van der Waals surface area contributed by atoms with Crippen LogP contribution >= 0.6 is 12.2 Å². The van der Waals surface area contributed by atoms with Gasteiger partial charge in [-0.25, -0.2) is 4.79 Å². The maximum absolute atomic E-state index is 11.4. The van der Waals surface area contributed by atoms with E-state index in [0.717, 1.165) is 0 Å². The van der Waals surface area contributed by atoms with Crippen LogP contribution in [0.5, 0.6) is 0 Å². The molecule has 0 saturated carbocycles. The summed E-state index contributed by atoms with van der Waals surface area (Å²) in [6.07, 6.45) is 0. The third-order valence-electron chi connectivity index (χ3n) is 1.82. The molecule has 2 amide bonds. The van der Waals surface area contributed by atoms with Gasteiger partial charge < -0.3 is 16.0 Å². The van der Waals surface area contributed by atoms with Crippen molar-refractivity contribution in [2.75, 3.05) is 13.1 Å². The fourth-order valence-electron chi connectivity index (χ4n) is 0.858. The third kappa shape index (κ3) is 4.07. The standard InChI is InChI=1S/C8H17N3OS/c1-4-11(5-2)8(12)10-6(3)7(9)13/h6H,4-5H2,1-3H3,(H2,9,13)(H,10,12). The van der Waals surface area contributed by atoms with Crippen LogP contribution in [0.1, 0.15) is 20.8 Å². The first-order valence-electron chi connectivity index (χ1n) is 4.37. The Morgan fingerprint density at radius 2 is 2.00 bits per heavy atom. The average Bonchev–Trinajstić information content (AvgIpc) is 2.06. The lowest BCUT2D eigenvalue weighted by molar-refractivity contribution is 0.202. The van der Waals surface area contributed by atoms with E-state index in [1.165, 1.54) is 0 Å². The van der Waals surface area contributed by atoms with Gasteiger partial charge in [0.1, 0.15) is 0 Å². The van der Waals surface area contributed by atoms with Crippen LogP contribution in [-0.2, 0) is 0 Å². The number of nitrogens with zero attached hydrogens (tertiary/aromatic N) is 1. The zero-order valence-electron chi connectivity index (χ0n) is 8.33. The van der Waals surface area contributed by atoms with Gasteiger partial charge in [-0.05, 0) is 20.8 Å². The minimum atomic E-state index is -0.247. The Morgan fingerprint density at radius 3 is 2.31 bits per heavy atom. The van der Waals surface area contributed by atoms with E-state index in [0.29, 0.717) is 18.1 Å². The summed E-state index contributed by atoms with van der Waals surface area (Å²) < 4.78 is 0. The topological polar surface area (TPSA) is 58.4 Å². The molecule has 0 spiro atoms. The lowest BCUT2D eigenvalue weighted by Gasteiger charge is -2.21. The Morgan fingerprint density at radius 1 is 1.54 bits per heavy atom. The molecule has 0 saturated heterocycles. The summed E-state index contributed by atoms with van der Waals surface area (Å²) in [5.41, 5.74) is 5.37. The molecule has 0 aliphatic carbocycles. The van der Waals surface area contributed by atoms with Crippen molar-refractivity contribution >= 4 is 23.2 Å². The number of nitrogens with two attached hydrogens (primary N) is 1. The molecule has 13 heavy (non-hydrogen) atoms. The predicted molar refractivity (Wildman–Crippen MR) is 57.7 cm³/mol. The molecule has 1 unspecified atom stereocenters. The van der Waals surface area contributed by atoms with Gasteiger partial charge in [0.2, 0.25) is 0 Å². The molecule has 0 aromatic heterocycles. The minimum Gasteiger partial charge on any atom is -0.392 e. The molecule has 0 fully saturated rings. The van der Waals surface area contributed by atoms with E-state index in [4.69, 9.17) is 18.0 Å². The van der Waals surface area contributed by atoms with Crippen LogP contribution in [0.4, 0.5) is 4.79 Å². The fraction of sp³-hybridized carbons (Fsp3) is 0.750. The molecule has 3 N–H and O–H groups in total. The molecule has 5 heteroatoms. The Kier molecular flexibility index (Phi) is 5.37. The molecular weight excluding hydrogens is 186 g/mol. The van der Waals surface area contributed by atoms with Crippen molar-refractivity contribution in [2.24, 2.45) is 5.73 Å². The highest BCUT2D eigenvalue weighted by Gasteiger charge is 2.13. The summed E-state index contributed by atoms with van der Waals surface area (Å²) in [6, 6.07) is -0.367. The molecule has 0 radical (unpaired) electrons. The van der Waals surface area contributed by atoms with Crippen LogP contribution in [0.3, 0.4) is 0 Å². The third-order valence-corrected chi connectivity index (χ3v) is 2.17.